The molecule has 2 amide bonds. The van der Waals surface area contributed by atoms with Crippen LogP contribution in [0.4, 0.5) is 11.4 Å². The van der Waals surface area contributed by atoms with E-state index in [9.17, 15) is 9.59 Å². The molecule has 0 aliphatic rings. The maximum Gasteiger partial charge on any atom is 0.258 e. The van der Waals surface area contributed by atoms with Crippen molar-refractivity contribution in [3.8, 4) is 5.75 Å². The lowest BCUT2D eigenvalue weighted by Gasteiger charge is -2.21. The second-order valence-corrected chi connectivity index (χ2v) is 6.79. The zero-order chi connectivity index (χ0) is 21.3. The molecule has 0 radical (unpaired) electrons. The van der Waals surface area contributed by atoms with Crippen LogP contribution in [0.25, 0.3) is 0 Å². The van der Waals surface area contributed by atoms with Gasteiger partial charge in [0.15, 0.2) is 0 Å². The molecule has 0 saturated carbocycles. The fraction of sp³-hybridized carbons (Fsp3) is 0.200. The number of carbonyl (C=O) groups excluding carboxylic acids is 2. The van der Waals surface area contributed by atoms with Gasteiger partial charge in [-0.25, -0.2) is 0 Å². The third-order valence-electron chi connectivity index (χ3n) is 4.61. The van der Waals surface area contributed by atoms with Crippen LogP contribution in [-0.4, -0.2) is 25.0 Å². The SMILES string of the molecule is CCCOc1ccc(C(=O)Nc2ccc(C(=O)N(CC)c3ccccc3)cc2)cc1. The molecule has 154 valence electrons. The first-order valence-corrected chi connectivity index (χ1v) is 10.1. The largest absolute Gasteiger partial charge is 0.494 e. The summed E-state index contributed by atoms with van der Waals surface area (Å²) in [5.41, 5.74) is 2.59. The second kappa shape index (κ2) is 10.3. The number of ether oxygens (including phenoxy) is 1. The highest BCUT2D eigenvalue weighted by Gasteiger charge is 2.16. The lowest BCUT2D eigenvalue weighted by Crippen LogP contribution is -2.30. The van der Waals surface area contributed by atoms with Crippen molar-refractivity contribution in [3.05, 3.63) is 90.0 Å². The molecule has 0 aromatic heterocycles. The van der Waals surface area contributed by atoms with E-state index in [0.717, 1.165) is 17.9 Å². The van der Waals surface area contributed by atoms with Gasteiger partial charge in [-0.15, -0.1) is 0 Å². The summed E-state index contributed by atoms with van der Waals surface area (Å²) in [6.45, 7) is 5.20. The Hall–Kier alpha value is -3.60. The van der Waals surface area contributed by atoms with Crippen molar-refractivity contribution in [2.75, 3.05) is 23.4 Å². The number of benzene rings is 3. The average molecular weight is 402 g/mol. The Morgan fingerprint density at radius 1 is 0.833 bits per heavy atom. The van der Waals surface area contributed by atoms with Crippen molar-refractivity contribution in [1.82, 2.24) is 0 Å². The van der Waals surface area contributed by atoms with Crippen molar-refractivity contribution in [2.45, 2.75) is 20.3 Å². The molecule has 0 spiro atoms. The summed E-state index contributed by atoms with van der Waals surface area (Å²) in [6, 6.07) is 23.5. The van der Waals surface area contributed by atoms with Crippen LogP contribution in [0.2, 0.25) is 0 Å². The number of anilines is 2. The van der Waals surface area contributed by atoms with Gasteiger partial charge in [0.25, 0.3) is 11.8 Å². The standard InChI is InChI=1S/C25H26N2O3/c1-3-18-30-23-16-12-19(13-17-23)24(28)26-21-14-10-20(11-15-21)25(29)27(4-2)22-8-6-5-7-9-22/h5-17H,3-4,18H2,1-2H3,(H,26,28). The summed E-state index contributed by atoms with van der Waals surface area (Å²) >= 11 is 0. The zero-order valence-electron chi connectivity index (χ0n) is 17.3. The molecule has 0 aliphatic heterocycles. The Labute approximate surface area is 177 Å². The van der Waals surface area contributed by atoms with E-state index >= 15 is 0 Å². The number of nitrogens with zero attached hydrogens (tertiary/aromatic N) is 1. The van der Waals surface area contributed by atoms with E-state index in [-0.39, 0.29) is 11.8 Å². The highest BCUT2D eigenvalue weighted by molar-refractivity contribution is 6.07. The number of rotatable bonds is 8. The molecule has 5 heteroatoms. The number of hydrogen-bond acceptors (Lipinski definition) is 3. The minimum absolute atomic E-state index is 0.0794. The molecule has 3 aromatic rings. The molecular formula is C25H26N2O3. The molecule has 30 heavy (non-hydrogen) atoms. The lowest BCUT2D eigenvalue weighted by molar-refractivity contribution is 0.0987. The summed E-state index contributed by atoms with van der Waals surface area (Å²) in [5.74, 6) is 0.454. The molecule has 0 unspecified atom stereocenters. The first kappa shape index (κ1) is 21.1. The van der Waals surface area contributed by atoms with Crippen molar-refractivity contribution >= 4 is 23.2 Å². The van der Waals surface area contributed by atoms with Gasteiger partial charge in [-0.1, -0.05) is 25.1 Å². The number of nitrogens with one attached hydrogen (secondary N) is 1. The highest BCUT2D eigenvalue weighted by atomic mass is 16.5. The van der Waals surface area contributed by atoms with Crippen LogP contribution in [0.1, 0.15) is 41.0 Å². The van der Waals surface area contributed by atoms with Gasteiger partial charge in [0.1, 0.15) is 5.75 Å². The van der Waals surface area contributed by atoms with Crippen LogP contribution >= 0.6 is 0 Å². The molecule has 0 fully saturated rings. The monoisotopic (exact) mass is 402 g/mol. The fourth-order valence-corrected chi connectivity index (χ4v) is 3.03. The topological polar surface area (TPSA) is 58.6 Å². The zero-order valence-corrected chi connectivity index (χ0v) is 17.3. The van der Waals surface area contributed by atoms with Crippen molar-refractivity contribution in [1.29, 1.82) is 0 Å². The van der Waals surface area contributed by atoms with Gasteiger partial charge in [-0.05, 0) is 74.0 Å². The first-order chi connectivity index (χ1) is 14.6. The van der Waals surface area contributed by atoms with E-state index in [0.29, 0.717) is 30.0 Å². The Bertz CT molecular complexity index is 968. The van der Waals surface area contributed by atoms with Gasteiger partial charge in [-0.3, -0.25) is 9.59 Å². The highest BCUT2D eigenvalue weighted by Crippen LogP contribution is 2.19. The maximum absolute atomic E-state index is 12.9. The predicted molar refractivity (Wildman–Crippen MR) is 120 cm³/mol. The predicted octanol–water partition coefficient (Wildman–Crippen LogP) is 5.39. The summed E-state index contributed by atoms with van der Waals surface area (Å²) < 4.78 is 5.54. The minimum Gasteiger partial charge on any atom is -0.494 e. The van der Waals surface area contributed by atoms with Gasteiger partial charge in [-0.2, -0.15) is 0 Å². The van der Waals surface area contributed by atoms with Gasteiger partial charge in [0, 0.05) is 29.0 Å². The summed E-state index contributed by atoms with van der Waals surface area (Å²) in [4.78, 5) is 27.1. The van der Waals surface area contributed by atoms with Gasteiger partial charge in [0.05, 0.1) is 6.61 Å². The second-order valence-electron chi connectivity index (χ2n) is 6.79. The third-order valence-corrected chi connectivity index (χ3v) is 4.61. The third kappa shape index (κ3) is 5.26. The van der Waals surface area contributed by atoms with Crippen LogP contribution in [-0.2, 0) is 0 Å². The Morgan fingerprint density at radius 2 is 1.47 bits per heavy atom. The summed E-state index contributed by atoms with van der Waals surface area (Å²) in [5, 5.41) is 2.86. The van der Waals surface area contributed by atoms with Crippen LogP contribution < -0.4 is 15.0 Å². The van der Waals surface area contributed by atoms with E-state index in [4.69, 9.17) is 4.74 Å². The Kier molecular flexibility index (Phi) is 7.22. The molecule has 3 rings (SSSR count). The van der Waals surface area contributed by atoms with Crippen molar-refractivity contribution in [2.24, 2.45) is 0 Å². The summed E-state index contributed by atoms with van der Waals surface area (Å²) in [6.07, 6.45) is 0.933. The summed E-state index contributed by atoms with van der Waals surface area (Å²) in [7, 11) is 0. The number of carbonyl (C=O) groups is 2. The number of hydrogen-bond donors (Lipinski definition) is 1. The van der Waals surface area contributed by atoms with Crippen molar-refractivity contribution in [3.63, 3.8) is 0 Å². The van der Waals surface area contributed by atoms with E-state index in [1.54, 1.807) is 53.4 Å². The van der Waals surface area contributed by atoms with Crippen LogP contribution in [0.3, 0.4) is 0 Å². The van der Waals surface area contributed by atoms with E-state index in [2.05, 4.69) is 5.32 Å². The van der Waals surface area contributed by atoms with Crippen LogP contribution in [0.15, 0.2) is 78.9 Å². The molecule has 0 atom stereocenters. The Morgan fingerprint density at radius 3 is 2.07 bits per heavy atom. The molecule has 0 saturated heterocycles. The van der Waals surface area contributed by atoms with E-state index in [1.165, 1.54) is 0 Å². The number of para-hydroxylation sites is 1. The first-order valence-electron chi connectivity index (χ1n) is 10.1. The van der Waals surface area contributed by atoms with E-state index in [1.807, 2.05) is 44.2 Å². The van der Waals surface area contributed by atoms with Crippen molar-refractivity contribution < 1.29 is 14.3 Å². The van der Waals surface area contributed by atoms with E-state index < -0.39 is 0 Å². The van der Waals surface area contributed by atoms with Crippen LogP contribution in [0.5, 0.6) is 5.75 Å². The van der Waals surface area contributed by atoms with Gasteiger partial charge < -0.3 is 15.0 Å². The van der Waals surface area contributed by atoms with Gasteiger partial charge >= 0.3 is 0 Å². The maximum atomic E-state index is 12.9. The Balaban J connectivity index is 1.65. The molecular weight excluding hydrogens is 376 g/mol. The molecule has 0 aliphatic carbocycles. The lowest BCUT2D eigenvalue weighted by atomic mass is 10.1. The molecule has 5 nitrogen and oxygen atoms in total. The quantitative estimate of drug-likeness (QED) is 0.549. The molecule has 3 aromatic carbocycles. The van der Waals surface area contributed by atoms with Gasteiger partial charge in [0.2, 0.25) is 0 Å². The van der Waals surface area contributed by atoms with Crippen LogP contribution in [0, 0.1) is 0 Å². The molecule has 0 bridgehead atoms. The molecule has 0 heterocycles. The average Bonchev–Trinajstić information content (AvgIpc) is 2.79. The smallest absolute Gasteiger partial charge is 0.258 e. The minimum atomic E-state index is -0.212. The fourth-order valence-electron chi connectivity index (χ4n) is 3.03. The molecule has 1 N–H and O–H groups in total. The normalized spacial score (nSPS) is 10.3. The number of amides is 2.